The Hall–Kier alpha value is -1.75. The Morgan fingerprint density at radius 2 is 2.25 bits per heavy atom. The van der Waals surface area contributed by atoms with Crippen molar-refractivity contribution in [1.29, 1.82) is 5.41 Å². The number of carbonyl (C=O) groups is 1. The molecule has 0 saturated carbocycles. The molecule has 0 atom stereocenters. The van der Waals surface area contributed by atoms with Gasteiger partial charge in [0.2, 0.25) is 4.80 Å². The second-order valence-corrected chi connectivity index (χ2v) is 4.50. The average molecular weight is 233 g/mol. The van der Waals surface area contributed by atoms with Crippen molar-refractivity contribution in [2.75, 3.05) is 0 Å². The molecule has 0 fully saturated rings. The van der Waals surface area contributed by atoms with Crippen molar-refractivity contribution in [3.63, 3.8) is 0 Å². The summed E-state index contributed by atoms with van der Waals surface area (Å²) in [6.45, 7) is 3.44. The summed E-state index contributed by atoms with van der Waals surface area (Å²) in [4.78, 5) is 11.4. The number of ketones is 1. The van der Waals surface area contributed by atoms with Crippen LogP contribution in [0.2, 0.25) is 0 Å². The fourth-order valence-electron chi connectivity index (χ4n) is 1.37. The van der Waals surface area contributed by atoms with Crippen LogP contribution in [0.3, 0.4) is 0 Å². The zero-order chi connectivity index (χ0) is 11.7. The van der Waals surface area contributed by atoms with E-state index in [1.54, 1.807) is 0 Å². The van der Waals surface area contributed by atoms with Gasteiger partial charge in [-0.15, -0.1) is 0 Å². The van der Waals surface area contributed by atoms with Gasteiger partial charge in [0, 0.05) is 6.92 Å². The highest BCUT2D eigenvalue weighted by Gasteiger charge is 2.09. The molecule has 16 heavy (non-hydrogen) atoms. The average Bonchev–Trinajstić information content (AvgIpc) is 2.60. The van der Waals surface area contributed by atoms with Crippen LogP contribution in [-0.4, -0.2) is 15.6 Å². The Bertz CT molecular complexity index is 597. The number of rotatable bonds is 2. The molecule has 0 bridgehead atoms. The summed E-state index contributed by atoms with van der Waals surface area (Å²) in [7, 11) is 0. The summed E-state index contributed by atoms with van der Waals surface area (Å²) in [5, 5.41) is 12.2. The van der Waals surface area contributed by atoms with Gasteiger partial charge in [0.1, 0.15) is 0 Å². The van der Waals surface area contributed by atoms with Gasteiger partial charge < -0.3 is 0 Å². The van der Waals surface area contributed by atoms with Gasteiger partial charge in [-0.3, -0.25) is 10.2 Å². The van der Waals surface area contributed by atoms with Gasteiger partial charge in [0.05, 0.1) is 5.69 Å². The SMILES string of the molecule is CC(=O)c1nn(-c2cccc(C)c2)c(=N)s1. The minimum absolute atomic E-state index is 0.107. The second-order valence-electron chi connectivity index (χ2n) is 3.52. The highest BCUT2D eigenvalue weighted by Crippen LogP contribution is 2.09. The Labute approximate surface area is 96.7 Å². The van der Waals surface area contributed by atoms with Crippen LogP contribution < -0.4 is 4.80 Å². The van der Waals surface area contributed by atoms with Crippen molar-refractivity contribution >= 4 is 17.1 Å². The number of aromatic nitrogens is 2. The van der Waals surface area contributed by atoms with E-state index in [2.05, 4.69) is 5.10 Å². The molecule has 0 amide bonds. The van der Waals surface area contributed by atoms with Crippen LogP contribution in [0.5, 0.6) is 0 Å². The summed E-state index contributed by atoms with van der Waals surface area (Å²) < 4.78 is 1.48. The number of Topliss-reactive ketones (excluding diaryl/α,β-unsaturated/α-hetero) is 1. The van der Waals surface area contributed by atoms with E-state index in [0.717, 1.165) is 22.6 Å². The van der Waals surface area contributed by atoms with Crippen molar-refractivity contribution < 1.29 is 4.79 Å². The molecule has 5 heteroatoms. The van der Waals surface area contributed by atoms with E-state index < -0.39 is 0 Å². The third kappa shape index (κ3) is 1.94. The van der Waals surface area contributed by atoms with Gasteiger partial charge in [-0.1, -0.05) is 23.5 Å². The third-order valence-corrected chi connectivity index (χ3v) is 3.05. The first kappa shape index (κ1) is 10.8. The van der Waals surface area contributed by atoms with Crippen molar-refractivity contribution in [3.8, 4) is 5.69 Å². The third-order valence-electron chi connectivity index (χ3n) is 2.12. The fraction of sp³-hybridized carbons (Fsp3) is 0.182. The molecule has 1 N–H and O–H groups in total. The van der Waals surface area contributed by atoms with Crippen LogP contribution in [0.15, 0.2) is 24.3 Å². The summed E-state index contributed by atoms with van der Waals surface area (Å²) in [6.07, 6.45) is 0. The molecule has 2 rings (SSSR count). The molecule has 1 aromatic heterocycles. The number of benzene rings is 1. The maximum absolute atomic E-state index is 11.2. The highest BCUT2D eigenvalue weighted by molar-refractivity contribution is 7.10. The first-order valence-corrected chi connectivity index (χ1v) is 5.62. The van der Waals surface area contributed by atoms with E-state index in [9.17, 15) is 4.79 Å². The lowest BCUT2D eigenvalue weighted by molar-refractivity contribution is 0.101. The first-order chi connectivity index (χ1) is 7.58. The molecule has 4 nitrogen and oxygen atoms in total. The zero-order valence-corrected chi connectivity index (χ0v) is 9.84. The van der Waals surface area contributed by atoms with Crippen LogP contribution in [0.1, 0.15) is 22.3 Å². The summed E-state index contributed by atoms with van der Waals surface area (Å²) in [5.41, 5.74) is 1.91. The number of hydrogen-bond donors (Lipinski definition) is 1. The Morgan fingerprint density at radius 3 is 2.81 bits per heavy atom. The molecule has 82 valence electrons. The highest BCUT2D eigenvalue weighted by atomic mass is 32.1. The van der Waals surface area contributed by atoms with Crippen molar-refractivity contribution in [2.24, 2.45) is 0 Å². The molecule has 0 radical (unpaired) electrons. The van der Waals surface area contributed by atoms with Gasteiger partial charge in [0.15, 0.2) is 10.8 Å². The first-order valence-electron chi connectivity index (χ1n) is 4.80. The van der Waals surface area contributed by atoms with Crippen LogP contribution >= 0.6 is 11.3 Å². The molecule has 1 aromatic carbocycles. The van der Waals surface area contributed by atoms with Crippen molar-refractivity contribution in [3.05, 3.63) is 39.6 Å². The smallest absolute Gasteiger partial charge is 0.205 e. The van der Waals surface area contributed by atoms with Gasteiger partial charge in [0.25, 0.3) is 0 Å². The van der Waals surface area contributed by atoms with Gasteiger partial charge >= 0.3 is 0 Å². The van der Waals surface area contributed by atoms with E-state index >= 15 is 0 Å². The minimum Gasteiger partial charge on any atom is -0.292 e. The van der Waals surface area contributed by atoms with E-state index in [-0.39, 0.29) is 10.6 Å². The van der Waals surface area contributed by atoms with E-state index in [1.165, 1.54) is 11.6 Å². The second kappa shape index (κ2) is 4.02. The Morgan fingerprint density at radius 1 is 1.50 bits per heavy atom. The predicted molar refractivity (Wildman–Crippen MR) is 62.0 cm³/mol. The molecular weight excluding hydrogens is 222 g/mol. The van der Waals surface area contributed by atoms with E-state index in [0.29, 0.717) is 5.01 Å². The summed E-state index contributed by atoms with van der Waals surface area (Å²) in [6, 6.07) is 7.69. The molecule has 0 aliphatic carbocycles. The largest absolute Gasteiger partial charge is 0.292 e. The summed E-state index contributed by atoms with van der Waals surface area (Å²) >= 11 is 1.09. The summed E-state index contributed by atoms with van der Waals surface area (Å²) in [5.74, 6) is -0.107. The van der Waals surface area contributed by atoms with Crippen LogP contribution in [0.25, 0.3) is 5.69 Å². The van der Waals surface area contributed by atoms with Crippen LogP contribution in [0, 0.1) is 12.3 Å². The Balaban J connectivity index is 2.56. The monoisotopic (exact) mass is 233 g/mol. The number of nitrogens with zero attached hydrogens (tertiary/aromatic N) is 2. The molecule has 1 heterocycles. The molecule has 0 saturated heterocycles. The number of hydrogen-bond acceptors (Lipinski definition) is 4. The normalized spacial score (nSPS) is 10.4. The lowest BCUT2D eigenvalue weighted by Gasteiger charge is -2.00. The number of aryl methyl sites for hydroxylation is 1. The molecule has 0 unspecified atom stereocenters. The van der Waals surface area contributed by atoms with Crippen molar-refractivity contribution in [2.45, 2.75) is 13.8 Å². The van der Waals surface area contributed by atoms with Gasteiger partial charge in [-0.25, -0.2) is 4.68 Å². The lowest BCUT2D eigenvalue weighted by atomic mass is 10.2. The molecule has 2 aromatic rings. The predicted octanol–water partition coefficient (Wildman–Crippen LogP) is 1.92. The number of carbonyl (C=O) groups excluding carboxylic acids is 1. The number of nitrogens with one attached hydrogen (secondary N) is 1. The standard InChI is InChI=1S/C11H11N3OS/c1-7-4-3-5-9(6-7)14-11(12)16-10(13-14)8(2)15/h3-6,12H,1-2H3. The topological polar surface area (TPSA) is 58.7 Å². The quantitative estimate of drug-likeness (QED) is 0.806. The molecular formula is C11H11N3OS. The van der Waals surface area contributed by atoms with E-state index in [1.807, 2.05) is 31.2 Å². The van der Waals surface area contributed by atoms with Crippen LogP contribution in [-0.2, 0) is 0 Å². The molecule has 0 spiro atoms. The lowest BCUT2D eigenvalue weighted by Crippen LogP contribution is -2.12. The molecule has 0 aliphatic rings. The molecule has 0 aliphatic heterocycles. The van der Waals surface area contributed by atoms with Gasteiger partial charge in [-0.05, 0) is 24.6 Å². The minimum atomic E-state index is -0.107. The Kier molecular flexibility index (Phi) is 2.70. The van der Waals surface area contributed by atoms with E-state index in [4.69, 9.17) is 5.41 Å². The maximum Gasteiger partial charge on any atom is 0.205 e. The van der Waals surface area contributed by atoms with Crippen LogP contribution in [0.4, 0.5) is 0 Å². The van der Waals surface area contributed by atoms with Gasteiger partial charge in [-0.2, -0.15) is 5.10 Å². The maximum atomic E-state index is 11.2. The zero-order valence-electron chi connectivity index (χ0n) is 9.02. The van der Waals surface area contributed by atoms with Crippen molar-refractivity contribution in [1.82, 2.24) is 9.78 Å². The fourth-order valence-corrected chi connectivity index (χ4v) is 2.05.